The van der Waals surface area contributed by atoms with Crippen molar-refractivity contribution in [3.05, 3.63) is 29.8 Å². The molecule has 0 aliphatic rings. The summed E-state index contributed by atoms with van der Waals surface area (Å²) >= 11 is 0. The summed E-state index contributed by atoms with van der Waals surface area (Å²) in [6.45, 7) is 5.60. The zero-order valence-corrected chi connectivity index (χ0v) is 11.5. The Morgan fingerprint density at radius 3 is 2.61 bits per heavy atom. The molecule has 0 fully saturated rings. The van der Waals surface area contributed by atoms with E-state index in [1.54, 1.807) is 21.0 Å². The lowest BCUT2D eigenvalue weighted by Crippen LogP contribution is -2.54. The second-order valence-electron chi connectivity index (χ2n) is 5.05. The number of benzene rings is 1. The van der Waals surface area contributed by atoms with E-state index in [0.717, 1.165) is 17.7 Å². The molecule has 1 atom stereocenters. The third-order valence-electron chi connectivity index (χ3n) is 2.94. The molecule has 18 heavy (non-hydrogen) atoms. The summed E-state index contributed by atoms with van der Waals surface area (Å²) in [5, 5.41) is 3.23. The maximum atomic E-state index is 11.3. The maximum absolute atomic E-state index is 11.3. The predicted molar refractivity (Wildman–Crippen MR) is 72.6 cm³/mol. The Kier molecular flexibility index (Phi) is 4.73. The van der Waals surface area contributed by atoms with Crippen LogP contribution in [0.2, 0.25) is 0 Å². The zero-order chi connectivity index (χ0) is 13.8. The van der Waals surface area contributed by atoms with Crippen molar-refractivity contribution in [3.63, 3.8) is 0 Å². The van der Waals surface area contributed by atoms with Gasteiger partial charge in [-0.15, -0.1) is 0 Å². The predicted octanol–water partition coefficient (Wildman–Crippen LogP) is 1.48. The highest BCUT2D eigenvalue weighted by molar-refractivity contribution is 5.83. The van der Waals surface area contributed by atoms with E-state index in [0.29, 0.717) is 0 Å². The fourth-order valence-electron chi connectivity index (χ4n) is 1.94. The number of nitrogens with two attached hydrogens (primary N) is 1. The molecule has 0 aliphatic carbocycles. The van der Waals surface area contributed by atoms with Gasteiger partial charge in [0.2, 0.25) is 5.91 Å². The first-order chi connectivity index (χ1) is 8.36. The Balaban J connectivity index is 2.70. The average Bonchev–Trinajstić information content (AvgIpc) is 2.28. The molecule has 3 N–H and O–H groups in total. The summed E-state index contributed by atoms with van der Waals surface area (Å²) in [5.74, 6) is 0.511. The van der Waals surface area contributed by atoms with E-state index in [9.17, 15) is 4.79 Å². The summed E-state index contributed by atoms with van der Waals surface area (Å²) in [6.07, 6.45) is 0.778. The van der Waals surface area contributed by atoms with Gasteiger partial charge in [0.25, 0.3) is 0 Å². The number of rotatable bonds is 6. The van der Waals surface area contributed by atoms with Crippen molar-refractivity contribution in [2.24, 2.45) is 5.73 Å². The molecule has 100 valence electrons. The number of para-hydroxylation sites is 1. The van der Waals surface area contributed by atoms with Gasteiger partial charge in [-0.3, -0.25) is 4.79 Å². The minimum atomic E-state index is -0.707. The van der Waals surface area contributed by atoms with Gasteiger partial charge in [0.15, 0.2) is 0 Å². The lowest BCUT2D eigenvalue weighted by atomic mass is 10.00. The van der Waals surface area contributed by atoms with E-state index in [4.69, 9.17) is 10.5 Å². The summed E-state index contributed by atoms with van der Waals surface area (Å²) in [5.41, 5.74) is 5.75. The number of amides is 1. The number of methoxy groups -OCH3 is 1. The average molecular weight is 250 g/mol. The van der Waals surface area contributed by atoms with Crippen LogP contribution in [0, 0.1) is 0 Å². The van der Waals surface area contributed by atoms with E-state index in [2.05, 4.69) is 5.32 Å². The largest absolute Gasteiger partial charge is 0.496 e. The summed E-state index contributed by atoms with van der Waals surface area (Å²) in [4.78, 5) is 11.3. The second kappa shape index (κ2) is 5.87. The van der Waals surface area contributed by atoms with Gasteiger partial charge in [0, 0.05) is 6.04 Å². The number of ether oxygens (including phenoxy) is 1. The summed E-state index contributed by atoms with van der Waals surface area (Å²) < 4.78 is 5.30. The lowest BCUT2D eigenvalue weighted by molar-refractivity contribution is -0.123. The van der Waals surface area contributed by atoms with Crippen LogP contribution in [0.25, 0.3) is 0 Å². The molecule has 0 aliphatic heterocycles. The minimum absolute atomic E-state index is 0.129. The molecule has 1 amide bonds. The summed E-state index contributed by atoms with van der Waals surface area (Å²) in [6, 6.07) is 8.00. The molecule has 1 aromatic rings. The smallest absolute Gasteiger partial charge is 0.237 e. The monoisotopic (exact) mass is 250 g/mol. The van der Waals surface area contributed by atoms with Crippen LogP contribution in [0.5, 0.6) is 5.75 Å². The highest BCUT2D eigenvalue weighted by Crippen LogP contribution is 2.19. The second-order valence-corrected chi connectivity index (χ2v) is 5.05. The SMILES string of the molecule is COc1ccccc1CC(C)NC(C)(C)C(N)=O. The fourth-order valence-corrected chi connectivity index (χ4v) is 1.94. The number of primary amides is 1. The van der Waals surface area contributed by atoms with Gasteiger partial charge >= 0.3 is 0 Å². The van der Waals surface area contributed by atoms with Crippen LogP contribution < -0.4 is 15.8 Å². The van der Waals surface area contributed by atoms with Crippen molar-refractivity contribution in [2.75, 3.05) is 7.11 Å². The van der Waals surface area contributed by atoms with Crippen LogP contribution in [0.15, 0.2) is 24.3 Å². The van der Waals surface area contributed by atoms with Gasteiger partial charge < -0.3 is 15.8 Å². The zero-order valence-electron chi connectivity index (χ0n) is 11.5. The van der Waals surface area contributed by atoms with Gasteiger partial charge in [-0.2, -0.15) is 0 Å². The number of hydrogen-bond acceptors (Lipinski definition) is 3. The Morgan fingerprint density at radius 2 is 2.06 bits per heavy atom. The third kappa shape index (κ3) is 3.74. The number of hydrogen-bond donors (Lipinski definition) is 2. The first-order valence-electron chi connectivity index (χ1n) is 6.06. The Hall–Kier alpha value is -1.55. The molecule has 0 aromatic heterocycles. The number of carbonyl (C=O) groups excluding carboxylic acids is 1. The van der Waals surface area contributed by atoms with Crippen LogP contribution in [0.3, 0.4) is 0 Å². The van der Waals surface area contributed by atoms with Crippen LogP contribution in [-0.4, -0.2) is 24.6 Å². The number of carbonyl (C=O) groups is 1. The fraction of sp³-hybridized carbons (Fsp3) is 0.500. The van der Waals surface area contributed by atoms with Crippen molar-refractivity contribution in [1.82, 2.24) is 5.32 Å². The molecule has 4 heteroatoms. The van der Waals surface area contributed by atoms with E-state index >= 15 is 0 Å². The molecule has 1 unspecified atom stereocenters. The minimum Gasteiger partial charge on any atom is -0.496 e. The maximum Gasteiger partial charge on any atom is 0.237 e. The first-order valence-corrected chi connectivity index (χ1v) is 6.06. The topological polar surface area (TPSA) is 64.3 Å². The van der Waals surface area contributed by atoms with Gasteiger partial charge in [0.1, 0.15) is 5.75 Å². The van der Waals surface area contributed by atoms with Crippen LogP contribution in [0.1, 0.15) is 26.3 Å². The van der Waals surface area contributed by atoms with E-state index in [1.807, 2.05) is 31.2 Å². The molecule has 0 spiro atoms. The molecule has 0 radical (unpaired) electrons. The standard InChI is InChI=1S/C14H22N2O2/c1-10(16-14(2,3)13(15)17)9-11-7-5-6-8-12(11)18-4/h5-8,10,16H,9H2,1-4H3,(H2,15,17). The normalized spacial score (nSPS) is 13.1. The highest BCUT2D eigenvalue weighted by atomic mass is 16.5. The van der Waals surface area contributed by atoms with Gasteiger partial charge in [-0.25, -0.2) is 0 Å². The van der Waals surface area contributed by atoms with Crippen molar-refractivity contribution < 1.29 is 9.53 Å². The lowest BCUT2D eigenvalue weighted by Gasteiger charge is -2.27. The molecule has 4 nitrogen and oxygen atoms in total. The molecule has 0 saturated carbocycles. The van der Waals surface area contributed by atoms with Crippen LogP contribution >= 0.6 is 0 Å². The van der Waals surface area contributed by atoms with E-state index < -0.39 is 5.54 Å². The molecule has 0 saturated heterocycles. The Morgan fingerprint density at radius 1 is 1.44 bits per heavy atom. The van der Waals surface area contributed by atoms with Crippen LogP contribution in [0.4, 0.5) is 0 Å². The first kappa shape index (κ1) is 14.5. The summed E-state index contributed by atoms with van der Waals surface area (Å²) in [7, 11) is 1.66. The molecule has 0 bridgehead atoms. The quantitative estimate of drug-likeness (QED) is 0.803. The molecular weight excluding hydrogens is 228 g/mol. The Labute approximate surface area is 109 Å². The highest BCUT2D eigenvalue weighted by Gasteiger charge is 2.26. The van der Waals surface area contributed by atoms with Crippen molar-refractivity contribution >= 4 is 5.91 Å². The molecular formula is C14H22N2O2. The third-order valence-corrected chi connectivity index (χ3v) is 2.94. The molecule has 1 rings (SSSR count). The van der Waals surface area contributed by atoms with E-state index in [1.165, 1.54) is 0 Å². The Bertz CT molecular complexity index is 416. The van der Waals surface area contributed by atoms with Crippen molar-refractivity contribution in [3.8, 4) is 5.75 Å². The van der Waals surface area contributed by atoms with Crippen molar-refractivity contribution in [1.29, 1.82) is 0 Å². The van der Waals surface area contributed by atoms with Crippen LogP contribution in [-0.2, 0) is 11.2 Å². The molecule has 0 heterocycles. The van der Waals surface area contributed by atoms with Gasteiger partial charge in [-0.05, 0) is 38.8 Å². The van der Waals surface area contributed by atoms with E-state index in [-0.39, 0.29) is 11.9 Å². The van der Waals surface area contributed by atoms with Gasteiger partial charge in [0.05, 0.1) is 12.6 Å². The molecule has 1 aromatic carbocycles. The van der Waals surface area contributed by atoms with Gasteiger partial charge in [-0.1, -0.05) is 18.2 Å². The van der Waals surface area contributed by atoms with Crippen molar-refractivity contribution in [2.45, 2.75) is 38.8 Å². The number of nitrogens with one attached hydrogen (secondary N) is 1.